The molecule has 0 aromatic rings. The Bertz CT molecular complexity index is 152. The predicted molar refractivity (Wildman–Crippen MR) is 44.5 cm³/mol. The second-order valence-corrected chi connectivity index (χ2v) is 3.46. The van der Waals surface area contributed by atoms with E-state index in [9.17, 15) is 0 Å². The summed E-state index contributed by atoms with van der Waals surface area (Å²) >= 11 is 0. The normalized spacial score (nSPS) is 22.8. The highest BCUT2D eigenvalue weighted by Gasteiger charge is 2.24. The van der Waals surface area contributed by atoms with E-state index in [1.807, 2.05) is 0 Å². The van der Waals surface area contributed by atoms with Gasteiger partial charge in [-0.05, 0) is 11.8 Å². The van der Waals surface area contributed by atoms with Gasteiger partial charge in [-0.3, -0.25) is 0 Å². The monoisotopic (exact) mass is 156 g/mol. The number of nitrogens with zero attached hydrogens (tertiary/aromatic N) is 1. The van der Waals surface area contributed by atoms with E-state index in [1.165, 1.54) is 19.3 Å². The van der Waals surface area contributed by atoms with Crippen LogP contribution in [0.1, 0.15) is 32.6 Å². The van der Waals surface area contributed by atoms with E-state index in [1.54, 1.807) is 0 Å². The molecule has 1 atom stereocenters. The minimum absolute atomic E-state index is 0.365. The van der Waals surface area contributed by atoms with Crippen LogP contribution in [0.25, 0.3) is 0 Å². The standard InChI is InChI=1S/C8H16N2O/c1-6(5-8(9)10-11)7-3-2-4-7/h6-7,11H,2-5H2,1H3,(H2,9,10). The molecule has 3 N–H and O–H groups in total. The molecule has 1 fully saturated rings. The number of oxime groups is 1. The molecule has 1 rings (SSSR count). The smallest absolute Gasteiger partial charge is 0.139 e. The molecule has 3 heteroatoms. The van der Waals surface area contributed by atoms with Crippen molar-refractivity contribution in [2.75, 3.05) is 0 Å². The molecule has 1 aliphatic carbocycles. The molecule has 1 saturated carbocycles. The molecule has 0 aliphatic heterocycles. The van der Waals surface area contributed by atoms with E-state index < -0.39 is 0 Å². The Morgan fingerprint density at radius 3 is 2.73 bits per heavy atom. The molecule has 0 heterocycles. The lowest BCUT2D eigenvalue weighted by atomic mass is 9.75. The van der Waals surface area contributed by atoms with E-state index in [0.717, 1.165) is 12.3 Å². The Balaban J connectivity index is 2.24. The van der Waals surface area contributed by atoms with Crippen LogP contribution in [0.3, 0.4) is 0 Å². The minimum Gasteiger partial charge on any atom is -0.409 e. The van der Waals surface area contributed by atoms with Crippen molar-refractivity contribution in [2.24, 2.45) is 22.7 Å². The van der Waals surface area contributed by atoms with Crippen molar-refractivity contribution in [1.82, 2.24) is 0 Å². The van der Waals surface area contributed by atoms with Crippen LogP contribution in [0.5, 0.6) is 0 Å². The molecule has 0 saturated heterocycles. The number of hydrogen-bond acceptors (Lipinski definition) is 2. The zero-order chi connectivity index (χ0) is 8.27. The van der Waals surface area contributed by atoms with E-state index in [-0.39, 0.29) is 0 Å². The Morgan fingerprint density at radius 2 is 2.36 bits per heavy atom. The first-order valence-corrected chi connectivity index (χ1v) is 4.20. The fraction of sp³-hybridized carbons (Fsp3) is 0.875. The van der Waals surface area contributed by atoms with E-state index in [4.69, 9.17) is 10.9 Å². The zero-order valence-electron chi connectivity index (χ0n) is 6.95. The van der Waals surface area contributed by atoms with Crippen molar-refractivity contribution >= 4 is 5.84 Å². The molecule has 1 unspecified atom stereocenters. The predicted octanol–water partition coefficient (Wildman–Crippen LogP) is 1.56. The number of rotatable bonds is 3. The molecule has 3 nitrogen and oxygen atoms in total. The Hall–Kier alpha value is -0.730. The second kappa shape index (κ2) is 3.60. The van der Waals surface area contributed by atoms with Gasteiger partial charge in [-0.15, -0.1) is 0 Å². The van der Waals surface area contributed by atoms with Crippen LogP contribution >= 0.6 is 0 Å². The first kappa shape index (κ1) is 8.37. The topological polar surface area (TPSA) is 58.6 Å². The summed E-state index contributed by atoms with van der Waals surface area (Å²) < 4.78 is 0. The Kier molecular flexibility index (Phi) is 2.74. The third-order valence-corrected chi connectivity index (χ3v) is 2.61. The molecule has 0 amide bonds. The fourth-order valence-electron chi connectivity index (χ4n) is 1.55. The van der Waals surface area contributed by atoms with Crippen molar-refractivity contribution in [1.29, 1.82) is 0 Å². The van der Waals surface area contributed by atoms with Gasteiger partial charge in [-0.2, -0.15) is 0 Å². The van der Waals surface area contributed by atoms with Gasteiger partial charge >= 0.3 is 0 Å². The van der Waals surface area contributed by atoms with E-state index in [0.29, 0.717) is 11.8 Å². The molecule has 11 heavy (non-hydrogen) atoms. The Morgan fingerprint density at radius 1 is 1.73 bits per heavy atom. The summed E-state index contributed by atoms with van der Waals surface area (Å²) in [6.07, 6.45) is 4.73. The SMILES string of the molecule is CC(C/C(N)=N/O)C1CCC1. The fourth-order valence-corrected chi connectivity index (χ4v) is 1.55. The van der Waals surface area contributed by atoms with Gasteiger partial charge in [0.05, 0.1) is 0 Å². The summed E-state index contributed by atoms with van der Waals surface area (Å²) in [7, 11) is 0. The van der Waals surface area contributed by atoms with Gasteiger partial charge in [-0.25, -0.2) is 0 Å². The largest absolute Gasteiger partial charge is 0.409 e. The van der Waals surface area contributed by atoms with Crippen LogP contribution in [0.2, 0.25) is 0 Å². The maximum Gasteiger partial charge on any atom is 0.139 e. The van der Waals surface area contributed by atoms with Crippen molar-refractivity contribution in [3.63, 3.8) is 0 Å². The molecule has 1 aliphatic rings. The van der Waals surface area contributed by atoms with Crippen molar-refractivity contribution < 1.29 is 5.21 Å². The third kappa shape index (κ3) is 2.10. The number of hydrogen-bond donors (Lipinski definition) is 2. The average Bonchev–Trinajstić information content (AvgIpc) is 1.83. The maximum atomic E-state index is 8.32. The van der Waals surface area contributed by atoms with Crippen LogP contribution in [0.15, 0.2) is 5.16 Å². The summed E-state index contributed by atoms with van der Waals surface area (Å²) in [5.74, 6) is 1.76. The van der Waals surface area contributed by atoms with Crippen LogP contribution in [-0.4, -0.2) is 11.0 Å². The number of nitrogens with two attached hydrogens (primary N) is 1. The quantitative estimate of drug-likeness (QED) is 0.282. The van der Waals surface area contributed by atoms with Crippen molar-refractivity contribution in [2.45, 2.75) is 32.6 Å². The first-order valence-electron chi connectivity index (χ1n) is 4.20. The van der Waals surface area contributed by atoms with Crippen LogP contribution < -0.4 is 5.73 Å². The summed E-state index contributed by atoms with van der Waals surface area (Å²) in [5.41, 5.74) is 5.39. The van der Waals surface area contributed by atoms with E-state index in [2.05, 4.69) is 12.1 Å². The molecule has 0 radical (unpaired) electrons. The summed E-state index contributed by atoms with van der Waals surface area (Å²) in [6, 6.07) is 0. The van der Waals surface area contributed by atoms with Gasteiger partial charge in [-0.1, -0.05) is 31.3 Å². The molecule has 0 aromatic carbocycles. The second-order valence-electron chi connectivity index (χ2n) is 3.46. The summed E-state index contributed by atoms with van der Waals surface area (Å²) in [4.78, 5) is 0. The zero-order valence-corrected chi connectivity index (χ0v) is 6.95. The minimum atomic E-state index is 0.365. The lowest BCUT2D eigenvalue weighted by Gasteiger charge is -2.31. The number of amidine groups is 1. The van der Waals surface area contributed by atoms with Crippen molar-refractivity contribution in [3.05, 3.63) is 0 Å². The average molecular weight is 156 g/mol. The van der Waals surface area contributed by atoms with E-state index >= 15 is 0 Å². The first-order chi connectivity index (χ1) is 5.24. The highest BCUT2D eigenvalue weighted by atomic mass is 16.4. The highest BCUT2D eigenvalue weighted by molar-refractivity contribution is 5.79. The van der Waals surface area contributed by atoms with Gasteiger partial charge in [0.1, 0.15) is 5.84 Å². The molecular formula is C8H16N2O. The van der Waals surface area contributed by atoms with Gasteiger partial charge in [0.2, 0.25) is 0 Å². The lowest BCUT2D eigenvalue weighted by Crippen LogP contribution is -2.25. The summed E-state index contributed by atoms with van der Waals surface area (Å²) in [6.45, 7) is 2.17. The van der Waals surface area contributed by atoms with Crippen molar-refractivity contribution in [3.8, 4) is 0 Å². The third-order valence-electron chi connectivity index (χ3n) is 2.61. The molecular weight excluding hydrogens is 140 g/mol. The molecule has 0 bridgehead atoms. The van der Waals surface area contributed by atoms with Gasteiger partial charge in [0.15, 0.2) is 0 Å². The van der Waals surface area contributed by atoms with Crippen LogP contribution in [0, 0.1) is 11.8 Å². The maximum absolute atomic E-state index is 8.32. The highest BCUT2D eigenvalue weighted by Crippen LogP contribution is 2.34. The van der Waals surface area contributed by atoms with Gasteiger partial charge < -0.3 is 10.9 Å². The van der Waals surface area contributed by atoms with Gasteiger partial charge in [0, 0.05) is 6.42 Å². The molecule has 0 aromatic heterocycles. The lowest BCUT2D eigenvalue weighted by molar-refractivity contribution is 0.223. The summed E-state index contributed by atoms with van der Waals surface area (Å²) in [5, 5.41) is 11.3. The molecule has 64 valence electrons. The van der Waals surface area contributed by atoms with Gasteiger partial charge in [0.25, 0.3) is 0 Å². The van der Waals surface area contributed by atoms with Crippen LogP contribution in [0.4, 0.5) is 0 Å². The van der Waals surface area contributed by atoms with Crippen LogP contribution in [-0.2, 0) is 0 Å². The Labute approximate surface area is 67.3 Å². The molecule has 0 spiro atoms.